The number of hydrogen-bond acceptors (Lipinski definition) is 3. The fraction of sp³-hybridized carbons (Fsp3) is 0.900. The summed E-state index contributed by atoms with van der Waals surface area (Å²) in [5.74, 6) is -0.419. The maximum absolute atomic E-state index is 11.6. The van der Waals surface area contributed by atoms with Crippen LogP contribution < -0.4 is 5.32 Å². The first-order chi connectivity index (χ1) is 6.66. The van der Waals surface area contributed by atoms with E-state index in [1.165, 1.54) is 6.92 Å². The highest BCUT2D eigenvalue weighted by Crippen LogP contribution is 2.09. The van der Waals surface area contributed by atoms with E-state index in [1.54, 1.807) is 6.92 Å². The second-order valence-corrected chi connectivity index (χ2v) is 6.93. The van der Waals surface area contributed by atoms with Crippen molar-refractivity contribution in [2.45, 2.75) is 51.8 Å². The lowest BCUT2D eigenvalue weighted by Gasteiger charge is -2.26. The second kappa shape index (κ2) is 4.96. The van der Waals surface area contributed by atoms with Gasteiger partial charge in [0.25, 0.3) is 0 Å². The molecular formula is C10H21NO3S. The van der Waals surface area contributed by atoms with Gasteiger partial charge in [-0.25, -0.2) is 8.42 Å². The molecule has 0 aliphatic heterocycles. The van der Waals surface area contributed by atoms with Crippen LogP contribution in [0, 0.1) is 0 Å². The topological polar surface area (TPSA) is 63.2 Å². The van der Waals surface area contributed by atoms with Crippen LogP contribution in [-0.2, 0) is 14.6 Å². The fourth-order valence-corrected chi connectivity index (χ4v) is 1.82. The normalized spacial score (nSPS) is 14.7. The van der Waals surface area contributed by atoms with E-state index in [1.807, 2.05) is 20.8 Å². The molecule has 0 saturated heterocycles. The summed E-state index contributed by atoms with van der Waals surface area (Å²) < 4.78 is 22.9. The number of carbonyl (C=O) groups is 1. The summed E-state index contributed by atoms with van der Waals surface area (Å²) in [5, 5.41) is 1.76. The van der Waals surface area contributed by atoms with Gasteiger partial charge in [-0.05, 0) is 27.2 Å². The van der Waals surface area contributed by atoms with Crippen molar-refractivity contribution in [3.05, 3.63) is 0 Å². The molecule has 1 N–H and O–H groups in total. The summed E-state index contributed by atoms with van der Waals surface area (Å²) in [6.45, 7) is 8.66. The average Bonchev–Trinajstić information content (AvgIpc) is 2.16. The molecule has 4 nitrogen and oxygen atoms in total. The lowest BCUT2D eigenvalue weighted by molar-refractivity contribution is -0.122. The van der Waals surface area contributed by atoms with Crippen LogP contribution in [0.2, 0.25) is 0 Å². The van der Waals surface area contributed by atoms with Crippen molar-refractivity contribution in [1.29, 1.82) is 0 Å². The molecule has 0 spiro atoms. The molecule has 1 atom stereocenters. The minimum atomic E-state index is -3.29. The first kappa shape index (κ1) is 14.4. The number of sulfone groups is 1. The highest BCUT2D eigenvalue weighted by Gasteiger charge is 2.29. The quantitative estimate of drug-likeness (QED) is 0.776. The van der Waals surface area contributed by atoms with E-state index >= 15 is 0 Å². The van der Waals surface area contributed by atoms with Gasteiger partial charge in [0, 0.05) is 11.3 Å². The minimum Gasteiger partial charge on any atom is -0.350 e. The fourth-order valence-electron chi connectivity index (χ4n) is 0.937. The average molecular weight is 235 g/mol. The van der Waals surface area contributed by atoms with E-state index in [0.717, 1.165) is 6.42 Å². The maximum Gasteiger partial charge on any atom is 0.238 e. The molecule has 0 aliphatic carbocycles. The van der Waals surface area contributed by atoms with Gasteiger partial charge in [-0.2, -0.15) is 0 Å². The Morgan fingerprint density at radius 2 is 1.80 bits per heavy atom. The molecule has 0 rings (SSSR count). The van der Waals surface area contributed by atoms with Crippen molar-refractivity contribution in [3.63, 3.8) is 0 Å². The summed E-state index contributed by atoms with van der Waals surface area (Å²) >= 11 is 0. The number of carbonyl (C=O) groups excluding carboxylic acids is 1. The Morgan fingerprint density at radius 3 is 2.13 bits per heavy atom. The van der Waals surface area contributed by atoms with Crippen LogP contribution in [0.3, 0.4) is 0 Å². The molecule has 0 fully saturated rings. The third-order valence-corrected chi connectivity index (χ3v) is 4.75. The van der Waals surface area contributed by atoms with Crippen LogP contribution in [0.1, 0.15) is 41.0 Å². The van der Waals surface area contributed by atoms with E-state index in [2.05, 4.69) is 5.32 Å². The molecule has 0 aromatic heterocycles. The summed E-state index contributed by atoms with van der Waals surface area (Å²) in [6.07, 6.45) is 0.762. The molecule has 90 valence electrons. The Labute approximate surface area is 92.4 Å². The van der Waals surface area contributed by atoms with Crippen LogP contribution in [0.25, 0.3) is 0 Å². The molecule has 0 saturated carbocycles. The maximum atomic E-state index is 11.6. The van der Waals surface area contributed by atoms with Crippen LogP contribution >= 0.6 is 0 Å². The molecule has 0 unspecified atom stereocenters. The molecule has 0 bridgehead atoms. The van der Waals surface area contributed by atoms with Gasteiger partial charge >= 0.3 is 0 Å². The van der Waals surface area contributed by atoms with Crippen LogP contribution in [0.5, 0.6) is 0 Å². The van der Waals surface area contributed by atoms with Crippen molar-refractivity contribution in [2.24, 2.45) is 0 Å². The predicted molar refractivity (Wildman–Crippen MR) is 61.4 cm³/mol. The molecule has 1 amide bonds. The third-order valence-electron chi connectivity index (χ3n) is 2.66. The van der Waals surface area contributed by atoms with Crippen molar-refractivity contribution < 1.29 is 13.2 Å². The summed E-state index contributed by atoms with van der Waals surface area (Å²) in [6, 6.07) is 0. The molecule has 0 heterocycles. The van der Waals surface area contributed by atoms with Crippen molar-refractivity contribution in [2.75, 3.05) is 5.75 Å². The number of amides is 1. The van der Waals surface area contributed by atoms with Gasteiger partial charge in [-0.3, -0.25) is 4.79 Å². The first-order valence-electron chi connectivity index (χ1n) is 5.20. The predicted octanol–water partition coefficient (Wildman–Crippen LogP) is 1.11. The van der Waals surface area contributed by atoms with Crippen LogP contribution in [0.4, 0.5) is 0 Å². The van der Waals surface area contributed by atoms with Crippen molar-refractivity contribution in [3.8, 4) is 0 Å². The van der Waals surface area contributed by atoms with Crippen LogP contribution in [0.15, 0.2) is 0 Å². The summed E-state index contributed by atoms with van der Waals surface area (Å²) in [5.41, 5.74) is -0.353. The van der Waals surface area contributed by atoms with Gasteiger partial charge in [-0.1, -0.05) is 13.8 Å². The number of nitrogens with one attached hydrogen (secondary N) is 1. The monoisotopic (exact) mass is 235 g/mol. The van der Waals surface area contributed by atoms with Gasteiger partial charge in [0.05, 0.1) is 0 Å². The zero-order chi connectivity index (χ0) is 12.3. The van der Waals surface area contributed by atoms with E-state index in [9.17, 15) is 13.2 Å². The number of rotatable bonds is 5. The van der Waals surface area contributed by atoms with E-state index < -0.39 is 21.0 Å². The molecule has 0 aromatic rings. The summed E-state index contributed by atoms with van der Waals surface area (Å²) in [4.78, 5) is 11.6. The lowest BCUT2D eigenvalue weighted by Crippen LogP contribution is -2.48. The van der Waals surface area contributed by atoms with Gasteiger partial charge < -0.3 is 5.32 Å². The lowest BCUT2D eigenvalue weighted by atomic mass is 10.0. The standard InChI is InChI=1S/C10H21NO3S/c1-6-10(4,5)11-9(12)8(3)15(13,14)7-2/h8H,6-7H2,1-5H3,(H,11,12)/t8-/m0/s1. The first-order valence-corrected chi connectivity index (χ1v) is 6.91. The highest BCUT2D eigenvalue weighted by molar-refractivity contribution is 7.92. The zero-order valence-corrected chi connectivity index (χ0v) is 10.9. The molecule has 5 heteroatoms. The van der Waals surface area contributed by atoms with E-state index in [-0.39, 0.29) is 11.3 Å². The highest BCUT2D eigenvalue weighted by atomic mass is 32.2. The second-order valence-electron chi connectivity index (χ2n) is 4.32. The van der Waals surface area contributed by atoms with Gasteiger partial charge in [0.1, 0.15) is 5.25 Å². The molecular weight excluding hydrogens is 214 g/mol. The zero-order valence-electron chi connectivity index (χ0n) is 10.1. The Hall–Kier alpha value is -0.580. The van der Waals surface area contributed by atoms with Gasteiger partial charge in [0.2, 0.25) is 5.91 Å². The molecule has 15 heavy (non-hydrogen) atoms. The Bertz CT molecular complexity index is 320. The van der Waals surface area contributed by atoms with E-state index in [0.29, 0.717) is 0 Å². The van der Waals surface area contributed by atoms with Crippen molar-refractivity contribution >= 4 is 15.7 Å². The molecule has 0 radical (unpaired) electrons. The number of hydrogen-bond donors (Lipinski definition) is 1. The molecule has 0 aliphatic rings. The summed E-state index contributed by atoms with van der Waals surface area (Å²) in [7, 11) is -3.29. The van der Waals surface area contributed by atoms with E-state index in [4.69, 9.17) is 0 Å². The Kier molecular flexibility index (Phi) is 4.77. The molecule has 0 aromatic carbocycles. The smallest absolute Gasteiger partial charge is 0.238 e. The van der Waals surface area contributed by atoms with Gasteiger partial charge in [0.15, 0.2) is 9.84 Å². The van der Waals surface area contributed by atoms with Crippen molar-refractivity contribution in [1.82, 2.24) is 5.32 Å². The Balaban J connectivity index is 4.62. The Morgan fingerprint density at radius 1 is 1.33 bits per heavy atom. The van der Waals surface area contributed by atoms with Crippen LogP contribution in [-0.4, -0.2) is 30.9 Å². The van der Waals surface area contributed by atoms with Gasteiger partial charge in [-0.15, -0.1) is 0 Å². The minimum absolute atomic E-state index is 0.00581. The largest absolute Gasteiger partial charge is 0.350 e. The SMILES string of the molecule is CCC(C)(C)NC(=O)[C@H](C)S(=O)(=O)CC. The third kappa shape index (κ3) is 4.20.